The number of hydrogen-bond donors (Lipinski definition) is 1. The third-order valence-electron chi connectivity index (χ3n) is 0.695. The van der Waals surface area contributed by atoms with Crippen LogP contribution in [0.3, 0.4) is 0 Å². The van der Waals surface area contributed by atoms with E-state index in [-0.39, 0.29) is 10.4 Å². The minimum atomic E-state index is 0.137. The molecule has 1 aromatic rings. The molecule has 0 aromatic carbocycles. The number of aromatic nitrogens is 2. The fourth-order valence-electron chi connectivity index (χ4n) is 0.335. The minimum Gasteiger partial charge on any atom is -0.225 e. The Kier molecular flexibility index (Phi) is 2.16. The van der Waals surface area contributed by atoms with E-state index >= 15 is 0 Å². The molecule has 1 rings (SSSR count). The second-order valence-corrected chi connectivity index (χ2v) is 2.49. The van der Waals surface area contributed by atoms with Crippen LogP contribution >= 0.6 is 35.8 Å². The molecule has 0 saturated carbocycles. The first-order valence-electron chi connectivity index (χ1n) is 2.07. The molecule has 9 heavy (non-hydrogen) atoms. The monoisotopic (exact) mass is 180 g/mol. The van der Waals surface area contributed by atoms with Crippen LogP contribution < -0.4 is 0 Å². The molecule has 0 fully saturated rings. The van der Waals surface area contributed by atoms with Crippen molar-refractivity contribution in [3.05, 3.63) is 16.6 Å². The fraction of sp³-hybridized carbons (Fsp3) is 0. The van der Waals surface area contributed by atoms with Crippen LogP contribution in [-0.4, -0.2) is 9.97 Å². The van der Waals surface area contributed by atoms with E-state index in [0.717, 1.165) is 0 Å². The van der Waals surface area contributed by atoms with Gasteiger partial charge in [-0.05, 0) is 11.6 Å². The average molecular weight is 181 g/mol. The lowest BCUT2D eigenvalue weighted by molar-refractivity contribution is 1.10. The van der Waals surface area contributed by atoms with Crippen molar-refractivity contribution in [3.8, 4) is 0 Å². The summed E-state index contributed by atoms with van der Waals surface area (Å²) in [7, 11) is 0. The van der Waals surface area contributed by atoms with Gasteiger partial charge >= 0.3 is 0 Å². The first kappa shape index (κ1) is 7.12. The number of thiol groups is 1. The molecule has 0 atom stereocenters. The smallest absolute Gasteiger partial charge is 0.223 e. The van der Waals surface area contributed by atoms with Crippen LogP contribution in [0.1, 0.15) is 0 Å². The topological polar surface area (TPSA) is 25.8 Å². The molecule has 0 saturated heterocycles. The van der Waals surface area contributed by atoms with Gasteiger partial charge in [0.25, 0.3) is 0 Å². The summed E-state index contributed by atoms with van der Waals surface area (Å²) in [6, 6.07) is 0. The molecule has 48 valence electrons. The maximum Gasteiger partial charge on any atom is 0.223 e. The Hall–Kier alpha value is 0.01000. The van der Waals surface area contributed by atoms with Crippen LogP contribution in [0, 0.1) is 0 Å². The summed E-state index contributed by atoms with van der Waals surface area (Å²) < 4.78 is 0. The van der Waals surface area contributed by atoms with Crippen molar-refractivity contribution in [2.45, 2.75) is 4.90 Å². The van der Waals surface area contributed by atoms with E-state index in [1.807, 2.05) is 0 Å². The lowest BCUT2D eigenvalue weighted by atomic mass is 10.7. The van der Waals surface area contributed by atoms with Crippen molar-refractivity contribution in [1.82, 2.24) is 9.97 Å². The van der Waals surface area contributed by atoms with Crippen LogP contribution in [-0.2, 0) is 0 Å². The predicted octanol–water partition coefficient (Wildman–Crippen LogP) is 2.07. The van der Waals surface area contributed by atoms with Gasteiger partial charge in [0, 0.05) is 6.20 Å². The number of halogens is 2. The first-order chi connectivity index (χ1) is 4.20. The standard InChI is InChI=1S/C4H2Cl2N2S/c5-3-2(9)1-7-4(6)8-3/h1,9H. The highest BCUT2D eigenvalue weighted by atomic mass is 35.5. The zero-order valence-electron chi connectivity index (χ0n) is 4.17. The van der Waals surface area contributed by atoms with Crippen molar-refractivity contribution >= 4 is 35.8 Å². The molecular weight excluding hydrogens is 179 g/mol. The molecule has 2 nitrogen and oxygen atoms in total. The van der Waals surface area contributed by atoms with Gasteiger partial charge in [0.05, 0.1) is 4.90 Å². The Morgan fingerprint density at radius 2 is 2.11 bits per heavy atom. The quantitative estimate of drug-likeness (QED) is 0.376. The zero-order valence-corrected chi connectivity index (χ0v) is 6.58. The maximum atomic E-state index is 5.50. The van der Waals surface area contributed by atoms with Crippen molar-refractivity contribution in [3.63, 3.8) is 0 Å². The first-order valence-corrected chi connectivity index (χ1v) is 3.27. The zero-order chi connectivity index (χ0) is 6.85. The molecule has 0 spiro atoms. The Balaban J connectivity index is 3.17. The van der Waals surface area contributed by atoms with Gasteiger partial charge in [0.2, 0.25) is 5.28 Å². The largest absolute Gasteiger partial charge is 0.225 e. The van der Waals surface area contributed by atoms with Crippen LogP contribution in [0.15, 0.2) is 11.1 Å². The molecule has 1 aromatic heterocycles. The Bertz CT molecular complexity index is 228. The lowest BCUT2D eigenvalue weighted by Gasteiger charge is -1.91. The van der Waals surface area contributed by atoms with Gasteiger partial charge in [-0.2, -0.15) is 0 Å². The van der Waals surface area contributed by atoms with Crippen molar-refractivity contribution in [2.75, 3.05) is 0 Å². The average Bonchev–Trinajstić information content (AvgIpc) is 1.80. The molecule has 0 N–H and O–H groups in total. The van der Waals surface area contributed by atoms with E-state index in [4.69, 9.17) is 23.2 Å². The third kappa shape index (κ3) is 1.71. The van der Waals surface area contributed by atoms with E-state index in [1.165, 1.54) is 6.20 Å². The van der Waals surface area contributed by atoms with Crippen molar-refractivity contribution in [2.24, 2.45) is 0 Å². The van der Waals surface area contributed by atoms with E-state index in [0.29, 0.717) is 4.90 Å². The van der Waals surface area contributed by atoms with Gasteiger partial charge in [-0.1, -0.05) is 11.6 Å². The molecule has 0 aliphatic heterocycles. The summed E-state index contributed by atoms with van der Waals surface area (Å²) in [5.41, 5.74) is 0. The highest BCUT2D eigenvalue weighted by Gasteiger charge is 1.96. The number of rotatable bonds is 0. The molecule has 1 heterocycles. The van der Waals surface area contributed by atoms with Crippen molar-refractivity contribution < 1.29 is 0 Å². The van der Waals surface area contributed by atoms with Crippen LogP contribution in [0.4, 0.5) is 0 Å². The molecule has 0 amide bonds. The third-order valence-corrected chi connectivity index (χ3v) is 1.62. The SMILES string of the molecule is Sc1cnc(Cl)nc1Cl. The van der Waals surface area contributed by atoms with Crippen LogP contribution in [0.25, 0.3) is 0 Å². The summed E-state index contributed by atoms with van der Waals surface area (Å²) in [6.07, 6.45) is 1.45. The van der Waals surface area contributed by atoms with E-state index in [9.17, 15) is 0 Å². The van der Waals surface area contributed by atoms with Gasteiger partial charge in [0.15, 0.2) is 0 Å². The summed E-state index contributed by atoms with van der Waals surface area (Å²) in [5, 5.41) is 0.413. The van der Waals surface area contributed by atoms with E-state index in [2.05, 4.69) is 22.6 Å². The summed E-state index contributed by atoms with van der Waals surface area (Å²) >= 11 is 14.8. The second-order valence-electron chi connectivity index (χ2n) is 1.32. The van der Waals surface area contributed by atoms with E-state index in [1.54, 1.807) is 0 Å². The van der Waals surface area contributed by atoms with Crippen LogP contribution in [0.5, 0.6) is 0 Å². The molecule has 0 aliphatic rings. The molecule has 0 aliphatic carbocycles. The Morgan fingerprint density at radius 1 is 1.44 bits per heavy atom. The summed E-state index contributed by atoms with van der Waals surface area (Å²) in [5.74, 6) is 0. The molecule has 0 radical (unpaired) electrons. The Morgan fingerprint density at radius 3 is 2.56 bits per heavy atom. The number of hydrogen-bond acceptors (Lipinski definition) is 3. The van der Waals surface area contributed by atoms with Gasteiger partial charge in [-0.25, -0.2) is 9.97 Å². The summed E-state index contributed by atoms with van der Waals surface area (Å²) in [6.45, 7) is 0. The molecule has 0 bridgehead atoms. The molecular formula is C4H2Cl2N2S. The van der Waals surface area contributed by atoms with Gasteiger partial charge in [-0.3, -0.25) is 0 Å². The van der Waals surface area contributed by atoms with Gasteiger partial charge in [-0.15, -0.1) is 12.6 Å². The van der Waals surface area contributed by atoms with Crippen LogP contribution in [0.2, 0.25) is 10.4 Å². The molecule has 0 unspecified atom stereocenters. The molecule has 5 heteroatoms. The maximum absolute atomic E-state index is 5.50. The van der Waals surface area contributed by atoms with Crippen molar-refractivity contribution in [1.29, 1.82) is 0 Å². The predicted molar refractivity (Wildman–Crippen MR) is 39.3 cm³/mol. The normalized spacial score (nSPS) is 9.67. The Labute approximate surface area is 67.6 Å². The highest BCUT2D eigenvalue weighted by Crippen LogP contribution is 2.16. The fourth-order valence-corrected chi connectivity index (χ4v) is 0.748. The van der Waals surface area contributed by atoms with Gasteiger partial charge in [0.1, 0.15) is 5.15 Å². The second kappa shape index (κ2) is 2.73. The highest BCUT2D eigenvalue weighted by molar-refractivity contribution is 7.80. The lowest BCUT2D eigenvalue weighted by Crippen LogP contribution is -1.81. The number of nitrogens with zero attached hydrogens (tertiary/aromatic N) is 2. The van der Waals surface area contributed by atoms with E-state index < -0.39 is 0 Å². The summed E-state index contributed by atoms with van der Waals surface area (Å²) in [4.78, 5) is 7.78. The minimum absolute atomic E-state index is 0.137. The van der Waals surface area contributed by atoms with Gasteiger partial charge < -0.3 is 0 Å².